The van der Waals surface area contributed by atoms with E-state index in [1.165, 1.54) is 30.6 Å². The zero-order chi connectivity index (χ0) is 32.8. The van der Waals surface area contributed by atoms with E-state index >= 15 is 0 Å². The first-order valence-electron chi connectivity index (χ1n) is 13.9. The Morgan fingerprint density at radius 1 is 1.22 bits per heavy atom. The SMILES string of the molecule is CC1(C)CN(CC(=O)Nc2ccn(CCC(F)Cn3cc(C(=O)NCc4cccc(OC(F)(F)F)c4)nn3)c(=O)c2F)CCO1. The van der Waals surface area contributed by atoms with Crippen molar-refractivity contribution >= 4 is 17.5 Å². The highest BCUT2D eigenvalue weighted by molar-refractivity contribution is 5.92. The van der Waals surface area contributed by atoms with Crippen molar-refractivity contribution in [3.8, 4) is 5.75 Å². The largest absolute Gasteiger partial charge is 0.573 e. The Morgan fingerprint density at radius 2 is 2.00 bits per heavy atom. The zero-order valence-electron chi connectivity index (χ0n) is 24.4. The number of alkyl halides is 4. The molecule has 0 radical (unpaired) electrons. The molecule has 1 aliphatic heterocycles. The van der Waals surface area contributed by atoms with E-state index < -0.39 is 47.1 Å². The molecule has 45 heavy (non-hydrogen) atoms. The number of halogens is 5. The first kappa shape index (κ1) is 33.5. The molecular weight excluding hydrogens is 609 g/mol. The third-order valence-electron chi connectivity index (χ3n) is 6.68. The fourth-order valence-electron chi connectivity index (χ4n) is 4.65. The molecule has 244 valence electrons. The van der Waals surface area contributed by atoms with Gasteiger partial charge >= 0.3 is 6.36 Å². The van der Waals surface area contributed by atoms with Gasteiger partial charge in [-0.1, -0.05) is 17.3 Å². The number of anilines is 1. The maximum Gasteiger partial charge on any atom is 0.573 e. The molecule has 2 amide bonds. The maximum absolute atomic E-state index is 14.7. The number of pyridine rings is 1. The summed E-state index contributed by atoms with van der Waals surface area (Å²) < 4.78 is 78.2. The number of nitrogens with one attached hydrogen (secondary N) is 2. The number of hydrogen-bond acceptors (Lipinski definition) is 8. The monoisotopic (exact) mass is 641 g/mol. The summed E-state index contributed by atoms with van der Waals surface area (Å²) in [5, 5.41) is 12.3. The summed E-state index contributed by atoms with van der Waals surface area (Å²) in [4.78, 5) is 39.2. The lowest BCUT2D eigenvalue weighted by atomic mass is 10.1. The Labute approximate surface area is 254 Å². The summed E-state index contributed by atoms with van der Waals surface area (Å²) in [5.74, 6) is -2.79. The van der Waals surface area contributed by atoms with Crippen LogP contribution in [-0.4, -0.2) is 80.7 Å². The van der Waals surface area contributed by atoms with Crippen LogP contribution >= 0.6 is 0 Å². The van der Waals surface area contributed by atoms with Gasteiger partial charge in [0.05, 0.1) is 37.2 Å². The molecule has 1 aliphatic rings. The highest BCUT2D eigenvalue weighted by Crippen LogP contribution is 2.23. The molecule has 0 aliphatic carbocycles. The van der Waals surface area contributed by atoms with E-state index in [2.05, 4.69) is 25.7 Å². The Morgan fingerprint density at radius 3 is 2.73 bits per heavy atom. The molecule has 0 spiro atoms. The smallest absolute Gasteiger partial charge is 0.406 e. The van der Waals surface area contributed by atoms with Crippen molar-refractivity contribution in [2.75, 3.05) is 31.6 Å². The van der Waals surface area contributed by atoms with E-state index in [0.717, 1.165) is 21.4 Å². The van der Waals surface area contributed by atoms with E-state index in [4.69, 9.17) is 4.74 Å². The number of rotatable bonds is 12. The zero-order valence-corrected chi connectivity index (χ0v) is 24.4. The molecule has 0 saturated carbocycles. The second kappa shape index (κ2) is 14.2. The second-order valence-corrected chi connectivity index (χ2v) is 11.0. The van der Waals surface area contributed by atoms with Gasteiger partial charge in [0.2, 0.25) is 11.7 Å². The van der Waals surface area contributed by atoms with Crippen molar-refractivity contribution < 1.29 is 41.0 Å². The molecule has 1 saturated heterocycles. The lowest BCUT2D eigenvalue weighted by molar-refractivity contribution is -0.274. The molecule has 3 heterocycles. The summed E-state index contributed by atoms with van der Waals surface area (Å²) in [7, 11) is 0. The number of aromatic nitrogens is 4. The topological polar surface area (TPSA) is 133 Å². The second-order valence-electron chi connectivity index (χ2n) is 11.0. The first-order chi connectivity index (χ1) is 21.2. The number of morpholine rings is 1. The van der Waals surface area contributed by atoms with Gasteiger partial charge in [0.25, 0.3) is 11.5 Å². The predicted octanol–water partition coefficient (Wildman–Crippen LogP) is 2.89. The van der Waals surface area contributed by atoms with Gasteiger partial charge in [-0.2, -0.15) is 4.39 Å². The molecule has 1 aromatic carbocycles. The minimum absolute atomic E-state index is 0.000829. The number of ether oxygens (including phenoxy) is 2. The standard InChI is InChI=1S/C28H32F5N7O5/c1-27(2)17-38(10-11-44-27)16-23(41)35-21-7-9-39(26(43)24(21)30)8-6-19(29)14-40-15-22(36-37-40)25(42)34-13-18-4-3-5-20(12-18)45-28(31,32)33/h3-5,7,9,12,15,19H,6,8,10-11,13-14,16-17H2,1-2H3,(H,34,42)(H,35,41). The van der Waals surface area contributed by atoms with Crippen LogP contribution in [0.15, 0.2) is 47.5 Å². The molecule has 1 fully saturated rings. The van der Waals surface area contributed by atoms with Crippen LogP contribution in [0.2, 0.25) is 0 Å². The van der Waals surface area contributed by atoms with Crippen LogP contribution in [0.1, 0.15) is 36.3 Å². The third kappa shape index (κ3) is 10.1. The maximum atomic E-state index is 14.7. The quantitative estimate of drug-likeness (QED) is 0.289. The van der Waals surface area contributed by atoms with Gasteiger partial charge in [-0.3, -0.25) is 19.3 Å². The minimum Gasteiger partial charge on any atom is -0.406 e. The summed E-state index contributed by atoms with van der Waals surface area (Å²) in [6.45, 7) is 4.68. The van der Waals surface area contributed by atoms with Crippen LogP contribution in [0.25, 0.3) is 0 Å². The molecule has 0 bridgehead atoms. The molecule has 2 aromatic heterocycles. The van der Waals surface area contributed by atoms with Crippen molar-refractivity contribution in [1.82, 2.24) is 29.8 Å². The van der Waals surface area contributed by atoms with Crippen molar-refractivity contribution in [3.05, 3.63) is 70.2 Å². The average Bonchev–Trinajstić information content (AvgIpc) is 3.41. The van der Waals surface area contributed by atoms with Crippen molar-refractivity contribution in [2.45, 2.75) is 58.0 Å². The van der Waals surface area contributed by atoms with E-state index in [9.17, 15) is 36.3 Å². The number of amides is 2. The van der Waals surface area contributed by atoms with Crippen LogP contribution in [0.4, 0.5) is 27.6 Å². The molecule has 1 unspecified atom stereocenters. The highest BCUT2D eigenvalue weighted by atomic mass is 19.4. The summed E-state index contributed by atoms with van der Waals surface area (Å²) >= 11 is 0. The predicted molar refractivity (Wildman–Crippen MR) is 150 cm³/mol. The number of hydrogen-bond donors (Lipinski definition) is 2. The number of benzene rings is 1. The fourth-order valence-corrected chi connectivity index (χ4v) is 4.65. The molecule has 3 aromatic rings. The van der Waals surface area contributed by atoms with Gasteiger partial charge in [-0.15, -0.1) is 18.3 Å². The van der Waals surface area contributed by atoms with Gasteiger partial charge in [-0.25, -0.2) is 9.07 Å². The van der Waals surface area contributed by atoms with Crippen molar-refractivity contribution in [3.63, 3.8) is 0 Å². The van der Waals surface area contributed by atoms with Crippen LogP contribution in [0.3, 0.4) is 0 Å². The molecule has 12 nitrogen and oxygen atoms in total. The molecule has 17 heteroatoms. The van der Waals surface area contributed by atoms with Crippen LogP contribution < -0.4 is 20.9 Å². The number of aryl methyl sites for hydroxylation is 1. The van der Waals surface area contributed by atoms with Gasteiger partial charge in [0.1, 0.15) is 11.9 Å². The van der Waals surface area contributed by atoms with Gasteiger partial charge in [0.15, 0.2) is 5.69 Å². The highest BCUT2D eigenvalue weighted by Gasteiger charge is 2.31. The van der Waals surface area contributed by atoms with Crippen LogP contribution in [-0.2, 0) is 29.2 Å². The molecular formula is C28H32F5N7O5. The summed E-state index contributed by atoms with van der Waals surface area (Å²) in [6, 6.07) is 6.29. The van der Waals surface area contributed by atoms with Gasteiger partial charge in [-0.05, 0) is 44.0 Å². The van der Waals surface area contributed by atoms with Crippen LogP contribution in [0.5, 0.6) is 5.75 Å². The number of nitrogens with zero attached hydrogens (tertiary/aromatic N) is 5. The van der Waals surface area contributed by atoms with Crippen molar-refractivity contribution in [2.24, 2.45) is 0 Å². The molecule has 2 N–H and O–H groups in total. The minimum atomic E-state index is -4.86. The van der Waals surface area contributed by atoms with Gasteiger partial charge in [0, 0.05) is 32.4 Å². The van der Waals surface area contributed by atoms with E-state index in [0.29, 0.717) is 25.3 Å². The normalized spacial score (nSPS) is 15.8. The Bertz CT molecular complexity index is 1560. The number of carbonyl (C=O) groups excluding carboxylic acids is 2. The molecule has 1 atom stereocenters. The Hall–Kier alpha value is -4.38. The van der Waals surface area contributed by atoms with Crippen LogP contribution in [0, 0.1) is 5.82 Å². The first-order valence-corrected chi connectivity index (χ1v) is 13.9. The summed E-state index contributed by atoms with van der Waals surface area (Å²) in [6.07, 6.45) is -4.16. The lowest BCUT2D eigenvalue weighted by Crippen LogP contribution is -2.50. The Balaban J connectivity index is 1.24. The van der Waals surface area contributed by atoms with Gasteiger partial charge < -0.3 is 24.7 Å². The third-order valence-corrected chi connectivity index (χ3v) is 6.68. The Kier molecular flexibility index (Phi) is 10.5. The fraction of sp³-hybridized carbons (Fsp3) is 0.464. The average molecular weight is 642 g/mol. The van der Waals surface area contributed by atoms with Crippen molar-refractivity contribution in [1.29, 1.82) is 0 Å². The van der Waals surface area contributed by atoms with E-state index in [-0.39, 0.29) is 44.0 Å². The molecule has 4 rings (SSSR count). The lowest BCUT2D eigenvalue weighted by Gasteiger charge is -2.37. The van der Waals surface area contributed by atoms with E-state index in [1.807, 2.05) is 18.7 Å². The summed E-state index contributed by atoms with van der Waals surface area (Å²) in [5.41, 5.74) is -1.54. The van der Waals surface area contributed by atoms with E-state index in [1.54, 1.807) is 0 Å². The number of carbonyl (C=O) groups is 2.